The maximum Gasteiger partial charge on any atom is 0.134 e. The summed E-state index contributed by atoms with van der Waals surface area (Å²) in [5.74, 6) is 0.872. The summed E-state index contributed by atoms with van der Waals surface area (Å²) in [6.07, 6.45) is 2.74. The molecule has 1 heterocycles. The first-order chi connectivity index (χ1) is 11.3. The Balaban J connectivity index is 1.49. The van der Waals surface area contributed by atoms with Crippen LogP contribution in [0.3, 0.4) is 0 Å². The second kappa shape index (κ2) is 8.48. The smallest absolute Gasteiger partial charge is 0.134 e. The lowest BCUT2D eigenvalue weighted by atomic mass is 10.2. The van der Waals surface area contributed by atoms with Crippen molar-refractivity contribution >= 4 is 15.9 Å². The van der Waals surface area contributed by atoms with Crippen LogP contribution in [0.4, 0.5) is 0 Å². The van der Waals surface area contributed by atoms with E-state index in [2.05, 4.69) is 45.5 Å². The summed E-state index contributed by atoms with van der Waals surface area (Å²) in [7, 11) is 0. The van der Waals surface area contributed by atoms with E-state index in [1.165, 1.54) is 24.0 Å². The van der Waals surface area contributed by atoms with E-state index in [4.69, 9.17) is 9.47 Å². The predicted octanol–water partition coefficient (Wildman–Crippen LogP) is 4.30. The third-order valence-electron chi connectivity index (χ3n) is 3.96. The molecular formula is C19H22BrNO2. The molecule has 0 aromatic heterocycles. The topological polar surface area (TPSA) is 30.5 Å². The number of benzene rings is 2. The molecule has 23 heavy (non-hydrogen) atoms. The summed E-state index contributed by atoms with van der Waals surface area (Å²) in [5, 5.41) is 3.46. The Morgan fingerprint density at radius 1 is 1.13 bits per heavy atom. The average molecular weight is 376 g/mol. The van der Waals surface area contributed by atoms with Crippen molar-refractivity contribution in [3.63, 3.8) is 0 Å². The highest BCUT2D eigenvalue weighted by atomic mass is 79.9. The van der Waals surface area contributed by atoms with Gasteiger partial charge in [0.2, 0.25) is 0 Å². The van der Waals surface area contributed by atoms with E-state index in [1.54, 1.807) is 0 Å². The van der Waals surface area contributed by atoms with Crippen molar-refractivity contribution in [2.24, 2.45) is 0 Å². The number of hydrogen-bond donors (Lipinski definition) is 1. The lowest BCUT2D eigenvalue weighted by molar-refractivity contribution is 0.110. The zero-order chi connectivity index (χ0) is 15.9. The number of nitrogens with one attached hydrogen (secondary N) is 1. The number of rotatable bonds is 7. The van der Waals surface area contributed by atoms with Crippen molar-refractivity contribution in [2.75, 3.05) is 13.2 Å². The van der Waals surface area contributed by atoms with Crippen LogP contribution in [-0.2, 0) is 17.9 Å². The Kier molecular flexibility index (Phi) is 6.08. The molecule has 0 saturated carbocycles. The molecule has 0 bridgehead atoms. The Labute approximate surface area is 146 Å². The molecule has 1 atom stereocenters. The SMILES string of the molecule is Brc1cc(CNC[C@H]2CCCO2)ccc1OCc1ccccc1. The highest BCUT2D eigenvalue weighted by Gasteiger charge is 2.14. The maximum atomic E-state index is 5.88. The quantitative estimate of drug-likeness (QED) is 0.782. The third kappa shape index (κ3) is 5.06. The molecule has 0 aliphatic carbocycles. The number of hydrogen-bond acceptors (Lipinski definition) is 3. The van der Waals surface area contributed by atoms with E-state index in [9.17, 15) is 0 Å². The van der Waals surface area contributed by atoms with Crippen molar-refractivity contribution < 1.29 is 9.47 Å². The lowest BCUT2D eigenvalue weighted by Crippen LogP contribution is -2.25. The maximum absolute atomic E-state index is 5.88. The lowest BCUT2D eigenvalue weighted by Gasteiger charge is -2.12. The molecule has 0 radical (unpaired) electrons. The van der Waals surface area contributed by atoms with Crippen LogP contribution in [0.15, 0.2) is 53.0 Å². The van der Waals surface area contributed by atoms with Gasteiger partial charge in [0.05, 0.1) is 10.6 Å². The van der Waals surface area contributed by atoms with E-state index in [0.717, 1.165) is 29.9 Å². The molecule has 1 saturated heterocycles. The zero-order valence-corrected chi connectivity index (χ0v) is 14.7. The first kappa shape index (κ1) is 16.5. The Bertz CT molecular complexity index is 612. The van der Waals surface area contributed by atoms with Gasteiger partial charge < -0.3 is 14.8 Å². The molecule has 4 heteroatoms. The first-order valence-electron chi connectivity index (χ1n) is 8.09. The van der Waals surface area contributed by atoms with Crippen LogP contribution in [0.1, 0.15) is 24.0 Å². The minimum atomic E-state index is 0.381. The van der Waals surface area contributed by atoms with Crippen LogP contribution in [-0.4, -0.2) is 19.3 Å². The second-order valence-corrected chi connectivity index (χ2v) is 6.66. The van der Waals surface area contributed by atoms with E-state index < -0.39 is 0 Å². The molecule has 2 aromatic carbocycles. The van der Waals surface area contributed by atoms with Crippen LogP contribution < -0.4 is 10.1 Å². The third-order valence-corrected chi connectivity index (χ3v) is 4.58. The van der Waals surface area contributed by atoms with Gasteiger partial charge in [0.15, 0.2) is 0 Å². The first-order valence-corrected chi connectivity index (χ1v) is 8.88. The summed E-state index contributed by atoms with van der Waals surface area (Å²) in [4.78, 5) is 0. The van der Waals surface area contributed by atoms with Gasteiger partial charge in [-0.2, -0.15) is 0 Å². The van der Waals surface area contributed by atoms with Crippen LogP contribution in [0, 0.1) is 0 Å². The predicted molar refractivity (Wildman–Crippen MR) is 95.6 cm³/mol. The summed E-state index contributed by atoms with van der Waals surface area (Å²) in [6.45, 7) is 3.25. The molecule has 2 aromatic rings. The van der Waals surface area contributed by atoms with Crippen molar-refractivity contribution in [3.05, 3.63) is 64.1 Å². The van der Waals surface area contributed by atoms with Gasteiger partial charge in [0.25, 0.3) is 0 Å². The number of halogens is 1. The van der Waals surface area contributed by atoms with Crippen molar-refractivity contribution in [1.29, 1.82) is 0 Å². The van der Waals surface area contributed by atoms with Crippen LogP contribution in [0.25, 0.3) is 0 Å². The molecule has 1 fully saturated rings. The minimum Gasteiger partial charge on any atom is -0.488 e. The molecule has 0 unspecified atom stereocenters. The van der Waals surface area contributed by atoms with Gasteiger partial charge in [0, 0.05) is 19.7 Å². The van der Waals surface area contributed by atoms with Gasteiger partial charge in [-0.25, -0.2) is 0 Å². The van der Waals surface area contributed by atoms with Gasteiger partial charge in [-0.05, 0) is 52.0 Å². The molecule has 122 valence electrons. The van der Waals surface area contributed by atoms with Crippen molar-refractivity contribution in [2.45, 2.75) is 32.1 Å². The average Bonchev–Trinajstić information content (AvgIpc) is 3.08. The highest BCUT2D eigenvalue weighted by molar-refractivity contribution is 9.10. The van der Waals surface area contributed by atoms with Gasteiger partial charge >= 0.3 is 0 Å². The fraction of sp³-hybridized carbons (Fsp3) is 0.368. The van der Waals surface area contributed by atoms with Crippen LogP contribution >= 0.6 is 15.9 Å². The largest absolute Gasteiger partial charge is 0.488 e. The summed E-state index contributed by atoms with van der Waals surface area (Å²) in [6, 6.07) is 16.4. The van der Waals surface area contributed by atoms with Gasteiger partial charge in [-0.15, -0.1) is 0 Å². The highest BCUT2D eigenvalue weighted by Crippen LogP contribution is 2.27. The van der Waals surface area contributed by atoms with Crippen molar-refractivity contribution in [3.8, 4) is 5.75 Å². The van der Waals surface area contributed by atoms with E-state index in [0.29, 0.717) is 12.7 Å². The molecule has 0 spiro atoms. The fourth-order valence-corrected chi connectivity index (χ4v) is 3.23. The standard InChI is InChI=1S/C19H22BrNO2/c20-18-11-16(12-21-13-17-7-4-10-22-17)8-9-19(18)23-14-15-5-2-1-3-6-15/h1-3,5-6,8-9,11,17,21H,4,7,10,12-14H2/t17-/m1/s1. The molecule has 1 aliphatic heterocycles. The molecule has 1 N–H and O–H groups in total. The van der Waals surface area contributed by atoms with E-state index in [-0.39, 0.29) is 0 Å². The van der Waals surface area contributed by atoms with Gasteiger partial charge in [0.1, 0.15) is 12.4 Å². The Morgan fingerprint density at radius 2 is 2.00 bits per heavy atom. The monoisotopic (exact) mass is 375 g/mol. The molecule has 1 aliphatic rings. The minimum absolute atomic E-state index is 0.381. The summed E-state index contributed by atoms with van der Waals surface area (Å²) >= 11 is 3.60. The zero-order valence-electron chi connectivity index (χ0n) is 13.1. The summed E-state index contributed by atoms with van der Waals surface area (Å²) in [5.41, 5.74) is 2.41. The van der Waals surface area contributed by atoms with Crippen molar-refractivity contribution in [1.82, 2.24) is 5.32 Å². The fourth-order valence-electron chi connectivity index (χ4n) is 2.69. The molecule has 3 nitrogen and oxygen atoms in total. The van der Waals surface area contributed by atoms with Crippen LogP contribution in [0.5, 0.6) is 5.75 Å². The molecule has 3 rings (SSSR count). The second-order valence-electron chi connectivity index (χ2n) is 5.80. The van der Waals surface area contributed by atoms with Gasteiger partial charge in [-0.1, -0.05) is 36.4 Å². The Morgan fingerprint density at radius 3 is 2.74 bits per heavy atom. The molecular weight excluding hydrogens is 354 g/mol. The Hall–Kier alpha value is -1.36. The van der Waals surface area contributed by atoms with E-state index >= 15 is 0 Å². The van der Waals surface area contributed by atoms with Gasteiger partial charge in [-0.3, -0.25) is 0 Å². The normalized spacial score (nSPS) is 17.3. The molecule has 0 amide bonds. The number of ether oxygens (including phenoxy) is 2. The van der Waals surface area contributed by atoms with E-state index in [1.807, 2.05) is 24.3 Å². The van der Waals surface area contributed by atoms with Crippen LogP contribution in [0.2, 0.25) is 0 Å². The summed E-state index contributed by atoms with van der Waals surface area (Å²) < 4.78 is 12.5.